The van der Waals surface area contributed by atoms with Gasteiger partial charge in [-0.1, -0.05) is 0 Å². The summed E-state index contributed by atoms with van der Waals surface area (Å²) in [6.45, 7) is 5.74. The summed E-state index contributed by atoms with van der Waals surface area (Å²) < 4.78 is 5.58. The third-order valence-electron chi connectivity index (χ3n) is 3.19. The number of aliphatic hydroxyl groups is 1. The predicted octanol–water partition coefficient (Wildman–Crippen LogP) is -0.653. The summed E-state index contributed by atoms with van der Waals surface area (Å²) in [7, 11) is 4.12. The maximum absolute atomic E-state index is 9.77. The Balaban J connectivity index is 2.48. The molecule has 3 N–H and O–H groups in total. The van der Waals surface area contributed by atoms with E-state index < -0.39 is 0 Å². The maximum Gasteiger partial charge on any atom is 0.0823 e. The zero-order chi connectivity index (χ0) is 12.8. The van der Waals surface area contributed by atoms with Gasteiger partial charge in [0.25, 0.3) is 0 Å². The molecule has 17 heavy (non-hydrogen) atoms. The predicted molar refractivity (Wildman–Crippen MR) is 69.0 cm³/mol. The molecule has 3 atom stereocenters. The van der Waals surface area contributed by atoms with Crippen LogP contribution in [-0.2, 0) is 4.74 Å². The summed E-state index contributed by atoms with van der Waals surface area (Å²) in [6.07, 6.45) is 0.719. The molecule has 1 rings (SSSR count). The van der Waals surface area contributed by atoms with Gasteiger partial charge in [0.15, 0.2) is 0 Å². The van der Waals surface area contributed by atoms with Crippen molar-refractivity contribution in [1.82, 2.24) is 9.80 Å². The van der Waals surface area contributed by atoms with Crippen molar-refractivity contribution in [3.8, 4) is 0 Å². The van der Waals surface area contributed by atoms with E-state index in [1.165, 1.54) is 0 Å². The summed E-state index contributed by atoms with van der Waals surface area (Å²) in [5.74, 6) is 0. The third-order valence-corrected chi connectivity index (χ3v) is 3.19. The van der Waals surface area contributed by atoms with E-state index >= 15 is 0 Å². The van der Waals surface area contributed by atoms with E-state index in [9.17, 15) is 5.11 Å². The van der Waals surface area contributed by atoms with Crippen LogP contribution in [0.3, 0.4) is 0 Å². The largest absolute Gasteiger partial charge is 0.392 e. The summed E-state index contributed by atoms with van der Waals surface area (Å²) in [5, 5.41) is 9.77. The Morgan fingerprint density at radius 1 is 1.53 bits per heavy atom. The number of likely N-dealkylation sites (N-methyl/N-ethyl adjacent to an activating group) is 1. The minimum absolute atomic E-state index is 0.0787. The smallest absolute Gasteiger partial charge is 0.0823 e. The van der Waals surface area contributed by atoms with Crippen LogP contribution in [0.1, 0.15) is 13.3 Å². The second-order valence-corrected chi connectivity index (χ2v) is 5.07. The Morgan fingerprint density at radius 3 is 2.76 bits per heavy atom. The van der Waals surface area contributed by atoms with E-state index in [2.05, 4.69) is 23.9 Å². The first-order valence-corrected chi connectivity index (χ1v) is 6.45. The van der Waals surface area contributed by atoms with Crippen LogP contribution < -0.4 is 5.73 Å². The van der Waals surface area contributed by atoms with Crippen LogP contribution in [-0.4, -0.2) is 80.0 Å². The number of ether oxygens (including phenoxy) is 1. The molecule has 0 radical (unpaired) electrons. The molecule has 0 aromatic rings. The maximum atomic E-state index is 9.77. The molecule has 3 unspecified atom stereocenters. The van der Waals surface area contributed by atoms with Crippen LogP contribution >= 0.6 is 0 Å². The van der Waals surface area contributed by atoms with Gasteiger partial charge in [0, 0.05) is 38.8 Å². The van der Waals surface area contributed by atoms with Gasteiger partial charge in [-0.3, -0.25) is 4.90 Å². The van der Waals surface area contributed by atoms with Gasteiger partial charge in [-0.25, -0.2) is 0 Å². The van der Waals surface area contributed by atoms with Gasteiger partial charge in [0.05, 0.1) is 12.2 Å². The van der Waals surface area contributed by atoms with E-state index in [1.54, 1.807) is 0 Å². The van der Waals surface area contributed by atoms with Crippen molar-refractivity contribution in [2.75, 3.05) is 46.9 Å². The fourth-order valence-electron chi connectivity index (χ4n) is 2.49. The summed E-state index contributed by atoms with van der Waals surface area (Å²) in [4.78, 5) is 4.46. The molecule has 1 heterocycles. The van der Waals surface area contributed by atoms with E-state index in [0.29, 0.717) is 19.2 Å². The molecule has 5 nitrogen and oxygen atoms in total. The molecule has 1 saturated heterocycles. The quantitative estimate of drug-likeness (QED) is 0.624. The number of hydrogen-bond donors (Lipinski definition) is 2. The number of likely N-dealkylation sites (tertiary alicyclic amines) is 1. The van der Waals surface area contributed by atoms with Gasteiger partial charge in [-0.2, -0.15) is 0 Å². The number of nitrogens with zero attached hydrogens (tertiary/aromatic N) is 2. The van der Waals surface area contributed by atoms with E-state index in [1.807, 2.05) is 6.92 Å². The molecular weight excluding hydrogens is 218 g/mol. The highest BCUT2D eigenvalue weighted by atomic mass is 16.5. The minimum atomic E-state index is -0.208. The Kier molecular flexibility index (Phi) is 6.37. The second-order valence-electron chi connectivity index (χ2n) is 5.07. The Bertz CT molecular complexity index is 214. The number of hydrogen-bond acceptors (Lipinski definition) is 5. The van der Waals surface area contributed by atoms with E-state index in [0.717, 1.165) is 26.1 Å². The van der Waals surface area contributed by atoms with E-state index in [-0.39, 0.29) is 12.2 Å². The van der Waals surface area contributed by atoms with Crippen LogP contribution in [0.4, 0.5) is 0 Å². The molecule has 0 spiro atoms. The number of nitrogens with two attached hydrogens (primary N) is 1. The molecule has 0 amide bonds. The number of β-amino-alcohol motifs (C(OH)–C–C–N with tert-alkyl or cyclic N) is 1. The summed E-state index contributed by atoms with van der Waals surface area (Å²) >= 11 is 0. The molecule has 0 saturated carbocycles. The molecule has 1 aliphatic rings. The third kappa shape index (κ3) is 4.89. The minimum Gasteiger partial charge on any atom is -0.392 e. The lowest BCUT2D eigenvalue weighted by Crippen LogP contribution is -2.44. The standard InChI is InChI=1S/C12H27N3O2/c1-4-17-12(6-13)9-15-8-11(16)5-10(15)7-14(2)3/h10-12,16H,4-9,13H2,1-3H3. The average Bonchev–Trinajstić information content (AvgIpc) is 2.57. The SMILES string of the molecule is CCOC(CN)CN1CC(O)CC1CN(C)C. The van der Waals surface area contributed by atoms with Gasteiger partial charge in [0.1, 0.15) is 0 Å². The number of aliphatic hydroxyl groups excluding tert-OH is 1. The molecule has 0 bridgehead atoms. The zero-order valence-electron chi connectivity index (χ0n) is 11.3. The van der Waals surface area contributed by atoms with Crippen LogP contribution in [0, 0.1) is 0 Å². The normalized spacial score (nSPS) is 27.9. The Hall–Kier alpha value is -0.200. The molecule has 1 aliphatic heterocycles. The zero-order valence-corrected chi connectivity index (χ0v) is 11.3. The molecule has 0 aliphatic carbocycles. The lowest BCUT2D eigenvalue weighted by Gasteiger charge is -2.29. The average molecular weight is 245 g/mol. The number of rotatable bonds is 7. The first-order chi connectivity index (χ1) is 8.06. The fraction of sp³-hybridized carbons (Fsp3) is 1.00. The van der Waals surface area contributed by atoms with Crippen molar-refractivity contribution in [3.05, 3.63) is 0 Å². The summed E-state index contributed by atoms with van der Waals surface area (Å²) in [5.41, 5.74) is 5.69. The molecule has 5 heteroatoms. The van der Waals surface area contributed by atoms with Crippen LogP contribution in [0.15, 0.2) is 0 Å². The van der Waals surface area contributed by atoms with Crippen LogP contribution in [0.5, 0.6) is 0 Å². The summed E-state index contributed by atoms with van der Waals surface area (Å²) in [6, 6.07) is 0.412. The first-order valence-electron chi connectivity index (χ1n) is 6.45. The van der Waals surface area contributed by atoms with Crippen LogP contribution in [0.2, 0.25) is 0 Å². The highest BCUT2D eigenvalue weighted by Gasteiger charge is 2.32. The van der Waals surface area contributed by atoms with Crippen molar-refractivity contribution in [2.24, 2.45) is 5.73 Å². The van der Waals surface area contributed by atoms with Gasteiger partial charge in [0.2, 0.25) is 0 Å². The lowest BCUT2D eigenvalue weighted by molar-refractivity contribution is 0.0314. The van der Waals surface area contributed by atoms with Crippen molar-refractivity contribution >= 4 is 0 Å². The molecular formula is C12H27N3O2. The van der Waals surface area contributed by atoms with Crippen LogP contribution in [0.25, 0.3) is 0 Å². The Labute approximate surface area is 105 Å². The van der Waals surface area contributed by atoms with Crippen molar-refractivity contribution in [1.29, 1.82) is 0 Å². The van der Waals surface area contributed by atoms with Gasteiger partial charge < -0.3 is 20.5 Å². The lowest BCUT2D eigenvalue weighted by atomic mass is 10.2. The fourth-order valence-corrected chi connectivity index (χ4v) is 2.49. The Morgan fingerprint density at radius 2 is 2.24 bits per heavy atom. The molecule has 102 valence electrons. The second kappa shape index (κ2) is 7.28. The van der Waals surface area contributed by atoms with Gasteiger partial charge in [-0.15, -0.1) is 0 Å². The van der Waals surface area contributed by atoms with Gasteiger partial charge >= 0.3 is 0 Å². The van der Waals surface area contributed by atoms with Crippen molar-refractivity contribution < 1.29 is 9.84 Å². The van der Waals surface area contributed by atoms with E-state index in [4.69, 9.17) is 10.5 Å². The molecule has 0 aromatic heterocycles. The topological polar surface area (TPSA) is 62.0 Å². The highest BCUT2D eigenvalue weighted by Crippen LogP contribution is 2.19. The highest BCUT2D eigenvalue weighted by molar-refractivity contribution is 4.88. The van der Waals surface area contributed by atoms with Crippen molar-refractivity contribution in [3.63, 3.8) is 0 Å². The monoisotopic (exact) mass is 245 g/mol. The molecule has 0 aromatic carbocycles. The van der Waals surface area contributed by atoms with Crippen molar-refractivity contribution in [2.45, 2.75) is 31.6 Å². The molecule has 1 fully saturated rings. The van der Waals surface area contributed by atoms with Gasteiger partial charge in [-0.05, 0) is 27.4 Å². The first kappa shape index (κ1) is 14.9.